The van der Waals surface area contributed by atoms with Crippen molar-refractivity contribution in [3.63, 3.8) is 0 Å². The third-order valence-electron chi connectivity index (χ3n) is 3.61. The molecule has 0 atom stereocenters. The summed E-state index contributed by atoms with van der Waals surface area (Å²) in [5, 5.41) is 8.80. The van der Waals surface area contributed by atoms with Gasteiger partial charge in [-0.1, -0.05) is 13.8 Å². The Morgan fingerprint density at radius 1 is 1.43 bits per heavy atom. The van der Waals surface area contributed by atoms with E-state index in [-0.39, 0.29) is 18.6 Å². The van der Waals surface area contributed by atoms with Crippen molar-refractivity contribution < 1.29 is 9.84 Å². The lowest BCUT2D eigenvalue weighted by molar-refractivity contribution is 0.0158. The normalized spacial score (nSPS) is 16.5. The molecule has 0 amide bonds. The van der Waals surface area contributed by atoms with E-state index in [2.05, 4.69) is 34.1 Å². The molecule has 2 heterocycles. The molecule has 1 aromatic rings. The van der Waals surface area contributed by atoms with Crippen LogP contribution in [0.5, 0.6) is 0 Å². The minimum absolute atomic E-state index is 0.0788. The Balaban J connectivity index is 2.04. The Morgan fingerprint density at radius 2 is 2.14 bits per heavy atom. The summed E-state index contributed by atoms with van der Waals surface area (Å²) >= 11 is 0. The van der Waals surface area contributed by atoms with Crippen molar-refractivity contribution in [3.05, 3.63) is 11.9 Å². The lowest BCUT2D eigenvalue weighted by atomic mass is 10.1. The first kappa shape index (κ1) is 15.9. The van der Waals surface area contributed by atoms with Gasteiger partial charge in [0.2, 0.25) is 0 Å². The number of hydrazine groups is 1. The predicted octanol–water partition coefficient (Wildman–Crippen LogP) is 0.863. The molecule has 1 fully saturated rings. The second-order valence-corrected chi connectivity index (χ2v) is 5.55. The Labute approximate surface area is 125 Å². The third-order valence-corrected chi connectivity index (χ3v) is 3.61. The van der Waals surface area contributed by atoms with Gasteiger partial charge >= 0.3 is 0 Å². The SMILES string of the molecule is CC(C)c1nc(NN)cc(N2CCC(OCCO)CC2)n1. The molecule has 7 heteroatoms. The van der Waals surface area contributed by atoms with Crippen LogP contribution in [0.1, 0.15) is 38.4 Å². The highest BCUT2D eigenvalue weighted by Gasteiger charge is 2.21. The number of rotatable bonds is 6. The second-order valence-electron chi connectivity index (χ2n) is 5.55. The van der Waals surface area contributed by atoms with Crippen LogP contribution in [0, 0.1) is 0 Å². The molecule has 1 saturated heterocycles. The van der Waals surface area contributed by atoms with E-state index in [1.165, 1.54) is 0 Å². The van der Waals surface area contributed by atoms with Gasteiger partial charge in [-0.3, -0.25) is 0 Å². The molecule has 21 heavy (non-hydrogen) atoms. The van der Waals surface area contributed by atoms with Crippen molar-refractivity contribution in [3.8, 4) is 0 Å². The summed E-state index contributed by atoms with van der Waals surface area (Å²) in [5.74, 6) is 8.08. The molecule has 0 aliphatic carbocycles. The summed E-state index contributed by atoms with van der Waals surface area (Å²) in [4.78, 5) is 11.2. The number of aromatic nitrogens is 2. The quantitative estimate of drug-likeness (QED) is 0.529. The maximum absolute atomic E-state index is 8.80. The van der Waals surface area contributed by atoms with Crippen LogP contribution >= 0.6 is 0 Å². The average Bonchev–Trinajstić information content (AvgIpc) is 2.52. The third kappa shape index (κ3) is 4.26. The molecule has 2 rings (SSSR count). The summed E-state index contributed by atoms with van der Waals surface area (Å²) < 4.78 is 5.58. The fraction of sp³-hybridized carbons (Fsp3) is 0.714. The number of anilines is 2. The standard InChI is InChI=1S/C14H25N5O2/c1-10(2)14-16-12(18-15)9-13(17-14)19-5-3-11(4-6-19)21-8-7-20/h9-11,20H,3-8,15H2,1-2H3,(H,16,17,18). The molecule has 1 aromatic heterocycles. The first-order valence-corrected chi connectivity index (χ1v) is 7.47. The average molecular weight is 295 g/mol. The molecule has 118 valence electrons. The number of piperidine rings is 1. The Bertz CT molecular complexity index is 447. The first-order chi connectivity index (χ1) is 10.1. The summed E-state index contributed by atoms with van der Waals surface area (Å²) in [7, 11) is 0. The van der Waals surface area contributed by atoms with Crippen molar-refractivity contribution in [1.82, 2.24) is 9.97 Å². The van der Waals surface area contributed by atoms with Gasteiger partial charge < -0.3 is 20.2 Å². The van der Waals surface area contributed by atoms with Crippen LogP contribution in [-0.4, -0.2) is 47.5 Å². The molecular weight excluding hydrogens is 270 g/mol. The number of nitrogens with zero attached hydrogens (tertiary/aromatic N) is 3. The van der Waals surface area contributed by atoms with E-state index in [9.17, 15) is 0 Å². The number of aliphatic hydroxyl groups excluding tert-OH is 1. The smallest absolute Gasteiger partial charge is 0.145 e. The van der Waals surface area contributed by atoms with E-state index in [0.717, 1.165) is 37.6 Å². The summed E-state index contributed by atoms with van der Waals surface area (Å²) in [6.45, 7) is 6.39. The number of nitrogens with two attached hydrogens (primary N) is 1. The Morgan fingerprint density at radius 3 is 2.71 bits per heavy atom. The van der Waals surface area contributed by atoms with Gasteiger partial charge in [0.05, 0.1) is 19.3 Å². The second kappa shape index (κ2) is 7.53. The maximum atomic E-state index is 8.80. The van der Waals surface area contributed by atoms with E-state index >= 15 is 0 Å². The Kier molecular flexibility index (Phi) is 5.72. The van der Waals surface area contributed by atoms with Crippen LogP contribution < -0.4 is 16.2 Å². The van der Waals surface area contributed by atoms with Crippen molar-refractivity contribution in [2.75, 3.05) is 36.6 Å². The van der Waals surface area contributed by atoms with Gasteiger partial charge in [0.15, 0.2) is 0 Å². The molecule has 0 spiro atoms. The van der Waals surface area contributed by atoms with Gasteiger partial charge in [0.25, 0.3) is 0 Å². The van der Waals surface area contributed by atoms with Crippen LogP contribution in [0.4, 0.5) is 11.6 Å². The molecular formula is C14H25N5O2. The van der Waals surface area contributed by atoms with Gasteiger partial charge in [-0.05, 0) is 12.8 Å². The molecule has 1 aliphatic rings. The zero-order chi connectivity index (χ0) is 15.2. The molecule has 0 bridgehead atoms. The lowest BCUT2D eigenvalue weighted by Gasteiger charge is -2.33. The van der Waals surface area contributed by atoms with Gasteiger partial charge in [-0.25, -0.2) is 15.8 Å². The molecule has 7 nitrogen and oxygen atoms in total. The number of nitrogens with one attached hydrogen (secondary N) is 1. The number of nitrogen functional groups attached to an aromatic ring is 1. The lowest BCUT2D eigenvalue weighted by Crippen LogP contribution is -2.38. The summed E-state index contributed by atoms with van der Waals surface area (Å²) in [5.41, 5.74) is 2.61. The predicted molar refractivity (Wildman–Crippen MR) is 82.2 cm³/mol. The van der Waals surface area contributed by atoms with E-state index in [4.69, 9.17) is 15.7 Å². The minimum atomic E-state index is 0.0788. The molecule has 0 radical (unpaired) electrons. The van der Waals surface area contributed by atoms with E-state index in [1.807, 2.05) is 6.07 Å². The Hall–Kier alpha value is -1.44. The first-order valence-electron chi connectivity index (χ1n) is 7.47. The number of aliphatic hydroxyl groups is 1. The van der Waals surface area contributed by atoms with Crippen LogP contribution in [-0.2, 0) is 4.74 Å². The topological polar surface area (TPSA) is 96.5 Å². The van der Waals surface area contributed by atoms with Crippen molar-refractivity contribution >= 4 is 11.6 Å². The van der Waals surface area contributed by atoms with Gasteiger partial charge in [0, 0.05) is 25.1 Å². The van der Waals surface area contributed by atoms with Crippen molar-refractivity contribution in [2.24, 2.45) is 5.84 Å². The van der Waals surface area contributed by atoms with Gasteiger partial charge in [-0.15, -0.1) is 0 Å². The maximum Gasteiger partial charge on any atom is 0.145 e. The van der Waals surface area contributed by atoms with Gasteiger partial charge in [-0.2, -0.15) is 0 Å². The molecule has 0 unspecified atom stereocenters. The zero-order valence-corrected chi connectivity index (χ0v) is 12.7. The highest BCUT2D eigenvalue weighted by atomic mass is 16.5. The number of hydrogen-bond donors (Lipinski definition) is 3. The molecule has 1 aliphatic heterocycles. The summed E-state index contributed by atoms with van der Waals surface area (Å²) in [6, 6.07) is 1.88. The number of hydrogen-bond acceptors (Lipinski definition) is 7. The van der Waals surface area contributed by atoms with E-state index in [1.54, 1.807) is 0 Å². The fourth-order valence-electron chi connectivity index (χ4n) is 2.42. The van der Waals surface area contributed by atoms with Crippen LogP contribution in [0.25, 0.3) is 0 Å². The fourth-order valence-corrected chi connectivity index (χ4v) is 2.42. The summed E-state index contributed by atoms with van der Waals surface area (Å²) in [6.07, 6.45) is 2.10. The number of ether oxygens (including phenoxy) is 1. The van der Waals surface area contributed by atoms with E-state index < -0.39 is 0 Å². The molecule has 4 N–H and O–H groups in total. The zero-order valence-electron chi connectivity index (χ0n) is 12.7. The largest absolute Gasteiger partial charge is 0.394 e. The highest BCUT2D eigenvalue weighted by molar-refractivity contribution is 5.49. The van der Waals surface area contributed by atoms with Crippen LogP contribution in [0.2, 0.25) is 0 Å². The monoisotopic (exact) mass is 295 g/mol. The van der Waals surface area contributed by atoms with Crippen LogP contribution in [0.3, 0.4) is 0 Å². The van der Waals surface area contributed by atoms with Crippen LogP contribution in [0.15, 0.2) is 6.07 Å². The van der Waals surface area contributed by atoms with E-state index in [0.29, 0.717) is 12.4 Å². The minimum Gasteiger partial charge on any atom is -0.394 e. The van der Waals surface area contributed by atoms with Crippen molar-refractivity contribution in [1.29, 1.82) is 0 Å². The van der Waals surface area contributed by atoms with Crippen molar-refractivity contribution in [2.45, 2.75) is 38.7 Å². The highest BCUT2D eigenvalue weighted by Crippen LogP contribution is 2.23. The molecule has 0 aromatic carbocycles. The molecule has 0 saturated carbocycles. The van der Waals surface area contributed by atoms with Gasteiger partial charge in [0.1, 0.15) is 17.5 Å².